The fourth-order valence-electron chi connectivity index (χ4n) is 10.1. The molecule has 30 heavy (non-hydrogen) atoms. The molecule has 166 valence electrons. The first-order valence-electron chi connectivity index (χ1n) is 12.2. The van der Waals surface area contributed by atoms with Crippen molar-refractivity contribution >= 4 is 11.9 Å². The monoisotopic (exact) mass is 414 g/mol. The van der Waals surface area contributed by atoms with Gasteiger partial charge in [-0.15, -0.1) is 0 Å². The van der Waals surface area contributed by atoms with Crippen LogP contribution in [0.15, 0.2) is 11.6 Å². The average Bonchev–Trinajstić information content (AvgIpc) is 3.16. The zero-order chi connectivity index (χ0) is 21.7. The van der Waals surface area contributed by atoms with Crippen LogP contribution in [0.4, 0.5) is 0 Å². The Kier molecular flexibility index (Phi) is 4.21. The van der Waals surface area contributed by atoms with Crippen LogP contribution in [0.25, 0.3) is 0 Å². The predicted octanol–water partition coefficient (Wildman–Crippen LogP) is 5.77. The lowest BCUT2D eigenvalue weighted by molar-refractivity contribution is -0.213. The molecule has 0 saturated heterocycles. The molecule has 0 aromatic heterocycles. The lowest BCUT2D eigenvalue weighted by Gasteiger charge is -2.71. The Hall–Kier alpha value is -1.32. The minimum Gasteiger partial charge on any atom is -0.481 e. The van der Waals surface area contributed by atoms with Gasteiger partial charge in [-0.3, -0.25) is 9.59 Å². The summed E-state index contributed by atoms with van der Waals surface area (Å²) >= 11 is 0. The number of rotatable bonds is 3. The first-order valence-corrected chi connectivity index (χ1v) is 12.2. The van der Waals surface area contributed by atoms with E-state index in [4.69, 9.17) is 0 Å². The normalized spacial score (nSPS) is 51.7. The van der Waals surface area contributed by atoms with Crippen molar-refractivity contribution in [3.05, 3.63) is 11.6 Å². The summed E-state index contributed by atoms with van der Waals surface area (Å²) in [5, 5.41) is 20.7. The summed E-state index contributed by atoms with van der Waals surface area (Å²) in [5.74, 6) is 0.160. The second-order valence-electron chi connectivity index (χ2n) is 12.2. The van der Waals surface area contributed by atoms with Gasteiger partial charge in [0, 0.05) is 0 Å². The summed E-state index contributed by atoms with van der Waals surface area (Å²) in [5.41, 5.74) is 0.110. The second kappa shape index (κ2) is 6.13. The van der Waals surface area contributed by atoms with Crippen molar-refractivity contribution in [1.82, 2.24) is 0 Å². The molecule has 8 unspecified atom stereocenters. The first-order chi connectivity index (χ1) is 14.0. The zero-order valence-electron chi connectivity index (χ0n) is 19.0. The van der Waals surface area contributed by atoms with Crippen molar-refractivity contribution < 1.29 is 19.8 Å². The highest BCUT2D eigenvalue weighted by atomic mass is 16.4. The molecule has 0 aromatic rings. The van der Waals surface area contributed by atoms with Gasteiger partial charge in [-0.1, -0.05) is 45.3 Å². The van der Waals surface area contributed by atoms with Gasteiger partial charge in [-0.2, -0.15) is 0 Å². The maximum absolute atomic E-state index is 12.8. The lowest BCUT2D eigenvalue weighted by Crippen LogP contribution is -2.67. The number of aliphatic carboxylic acids is 2. The number of fused-ring (bicyclic) bond motifs is 1. The highest BCUT2D eigenvalue weighted by Crippen LogP contribution is 2.78. The first kappa shape index (κ1) is 20.6. The molecular weight excluding hydrogens is 376 g/mol. The van der Waals surface area contributed by atoms with Crippen LogP contribution in [0.5, 0.6) is 0 Å². The van der Waals surface area contributed by atoms with Crippen molar-refractivity contribution in [2.24, 2.45) is 51.2 Å². The molecule has 0 amide bonds. The molecule has 6 aliphatic rings. The van der Waals surface area contributed by atoms with Crippen molar-refractivity contribution in [1.29, 1.82) is 0 Å². The van der Waals surface area contributed by atoms with Gasteiger partial charge in [0.25, 0.3) is 0 Å². The van der Waals surface area contributed by atoms with Gasteiger partial charge in [-0.25, -0.2) is 0 Å². The molecule has 1 spiro atoms. The number of hydrogen-bond acceptors (Lipinski definition) is 2. The molecule has 0 aliphatic heterocycles. The van der Waals surface area contributed by atoms with Crippen LogP contribution in [0.1, 0.15) is 85.5 Å². The average molecular weight is 415 g/mol. The Morgan fingerprint density at radius 2 is 1.67 bits per heavy atom. The zero-order valence-corrected chi connectivity index (χ0v) is 19.0. The van der Waals surface area contributed by atoms with Crippen molar-refractivity contribution in [2.75, 3.05) is 0 Å². The molecule has 6 rings (SSSR count). The van der Waals surface area contributed by atoms with E-state index in [-0.39, 0.29) is 28.6 Å². The van der Waals surface area contributed by atoms with Gasteiger partial charge in [0.1, 0.15) is 0 Å². The summed E-state index contributed by atoms with van der Waals surface area (Å²) in [6.07, 6.45) is 11.1. The van der Waals surface area contributed by atoms with Crippen molar-refractivity contribution in [2.45, 2.75) is 85.5 Å². The van der Waals surface area contributed by atoms with Crippen LogP contribution in [-0.4, -0.2) is 22.2 Å². The van der Waals surface area contributed by atoms with E-state index in [1.807, 2.05) is 6.92 Å². The highest BCUT2D eigenvalue weighted by Gasteiger charge is 2.74. The van der Waals surface area contributed by atoms with Gasteiger partial charge < -0.3 is 10.2 Å². The van der Waals surface area contributed by atoms with Gasteiger partial charge >= 0.3 is 11.9 Å². The molecule has 0 heterocycles. The van der Waals surface area contributed by atoms with Gasteiger partial charge in [0.2, 0.25) is 0 Å². The SMILES string of the molecule is CC(C)C1=CC23CCC4C(C)(C(=O)O)CCCC4(C)C2CC1C1(C(=O)O)CCCC31. The highest BCUT2D eigenvalue weighted by molar-refractivity contribution is 5.78. The predicted molar refractivity (Wildman–Crippen MR) is 115 cm³/mol. The topological polar surface area (TPSA) is 74.6 Å². The summed E-state index contributed by atoms with van der Waals surface area (Å²) in [6, 6.07) is 0. The number of allylic oxidation sites excluding steroid dienone is 2. The molecular formula is C26H38O4. The quantitative estimate of drug-likeness (QED) is 0.575. The molecule has 2 bridgehead atoms. The van der Waals surface area contributed by atoms with E-state index >= 15 is 0 Å². The van der Waals surface area contributed by atoms with E-state index in [1.54, 1.807) is 0 Å². The van der Waals surface area contributed by atoms with Crippen LogP contribution >= 0.6 is 0 Å². The summed E-state index contributed by atoms with van der Waals surface area (Å²) in [6.45, 7) is 8.83. The molecule has 2 N–H and O–H groups in total. The molecule has 4 heteroatoms. The third kappa shape index (κ3) is 2.14. The van der Waals surface area contributed by atoms with E-state index in [0.717, 1.165) is 57.8 Å². The molecule has 8 atom stereocenters. The number of carboxylic acid groups (broad SMARTS) is 2. The Morgan fingerprint density at radius 3 is 2.30 bits per heavy atom. The third-order valence-corrected chi connectivity index (χ3v) is 11.1. The number of hydrogen-bond donors (Lipinski definition) is 2. The summed E-state index contributed by atoms with van der Waals surface area (Å²) in [4.78, 5) is 25.2. The van der Waals surface area contributed by atoms with Gasteiger partial charge in [0.05, 0.1) is 10.8 Å². The van der Waals surface area contributed by atoms with Gasteiger partial charge in [0.15, 0.2) is 0 Å². The molecule has 4 saturated carbocycles. The van der Waals surface area contributed by atoms with Crippen LogP contribution in [0, 0.1) is 51.2 Å². The molecule has 0 radical (unpaired) electrons. The Balaban J connectivity index is 1.68. The number of carbonyl (C=O) groups is 2. The Bertz CT molecular complexity index is 829. The molecule has 4 nitrogen and oxygen atoms in total. The van der Waals surface area contributed by atoms with Crippen LogP contribution in [0.2, 0.25) is 0 Å². The van der Waals surface area contributed by atoms with E-state index in [0.29, 0.717) is 11.8 Å². The third-order valence-electron chi connectivity index (χ3n) is 11.1. The van der Waals surface area contributed by atoms with Crippen LogP contribution < -0.4 is 0 Å². The van der Waals surface area contributed by atoms with E-state index < -0.39 is 22.8 Å². The maximum Gasteiger partial charge on any atom is 0.310 e. The fourth-order valence-corrected chi connectivity index (χ4v) is 10.1. The van der Waals surface area contributed by atoms with E-state index in [2.05, 4.69) is 26.8 Å². The minimum atomic E-state index is -0.643. The van der Waals surface area contributed by atoms with Gasteiger partial charge in [-0.05, 0) is 92.3 Å². The van der Waals surface area contributed by atoms with Crippen molar-refractivity contribution in [3.8, 4) is 0 Å². The van der Waals surface area contributed by atoms with Crippen LogP contribution in [-0.2, 0) is 9.59 Å². The van der Waals surface area contributed by atoms with E-state index in [1.165, 1.54) is 5.57 Å². The standard InChI is InChI=1S/C26H38O4/c1-15(2)16-14-25-12-8-18-23(3,9-6-10-24(18,4)21(27)28)20(25)13-17(16)26(22(29)30)11-5-7-19(25)26/h14-15,17-20H,5-13H2,1-4H3,(H,27,28)(H,29,30). The number of carboxylic acids is 2. The summed E-state index contributed by atoms with van der Waals surface area (Å²) in [7, 11) is 0. The smallest absolute Gasteiger partial charge is 0.310 e. The summed E-state index contributed by atoms with van der Waals surface area (Å²) < 4.78 is 0. The Labute approximate surface area is 180 Å². The molecule has 0 aromatic carbocycles. The second-order valence-corrected chi connectivity index (χ2v) is 12.2. The van der Waals surface area contributed by atoms with E-state index in [9.17, 15) is 19.8 Å². The molecule has 6 aliphatic carbocycles. The fraction of sp³-hybridized carbons (Fsp3) is 0.846. The van der Waals surface area contributed by atoms with Crippen LogP contribution in [0.3, 0.4) is 0 Å². The largest absolute Gasteiger partial charge is 0.481 e. The molecule has 4 fully saturated rings. The lowest BCUT2D eigenvalue weighted by atomic mass is 9.32. The maximum atomic E-state index is 12.8. The minimum absolute atomic E-state index is 0.00580. The Morgan fingerprint density at radius 1 is 0.933 bits per heavy atom. The van der Waals surface area contributed by atoms with Crippen molar-refractivity contribution in [3.63, 3.8) is 0 Å².